The second-order valence-electron chi connectivity index (χ2n) is 11.1. The summed E-state index contributed by atoms with van der Waals surface area (Å²) in [5.41, 5.74) is 3.16. The Labute approximate surface area is 244 Å². The van der Waals surface area contributed by atoms with Crippen LogP contribution in [0.15, 0.2) is 22.8 Å². The lowest BCUT2D eigenvalue weighted by Crippen LogP contribution is -2.38. The Bertz CT molecular complexity index is 1370. The quantitative estimate of drug-likeness (QED) is 0.269. The van der Waals surface area contributed by atoms with Gasteiger partial charge in [-0.1, -0.05) is 30.5 Å². The Hall–Kier alpha value is -3.62. The molecule has 236 valence electrons. The van der Waals surface area contributed by atoms with Crippen LogP contribution in [0.4, 0.5) is 22.0 Å². The molecule has 0 spiro atoms. The van der Waals surface area contributed by atoms with E-state index in [-0.39, 0.29) is 55.2 Å². The van der Waals surface area contributed by atoms with E-state index in [0.717, 1.165) is 43.5 Å². The highest BCUT2D eigenvalue weighted by atomic mass is 19.4. The summed E-state index contributed by atoms with van der Waals surface area (Å²) in [7, 11) is 1.03. The predicted octanol–water partition coefficient (Wildman–Crippen LogP) is 5.56. The number of imidazole rings is 1. The third-order valence-corrected chi connectivity index (χ3v) is 7.01. The van der Waals surface area contributed by atoms with Gasteiger partial charge < -0.3 is 20.4 Å². The summed E-state index contributed by atoms with van der Waals surface area (Å²) >= 11 is 0. The summed E-state index contributed by atoms with van der Waals surface area (Å²) < 4.78 is 68.5. The molecule has 0 saturated heterocycles. The number of hydrogen-bond acceptors (Lipinski definition) is 7. The molecule has 43 heavy (non-hydrogen) atoms. The van der Waals surface area contributed by atoms with Gasteiger partial charge in [-0.05, 0) is 48.5 Å². The average molecular weight is 615 g/mol. The highest BCUT2D eigenvalue weighted by Gasteiger charge is 2.45. The number of benzene rings is 1. The van der Waals surface area contributed by atoms with Gasteiger partial charge in [-0.2, -0.15) is 13.2 Å². The zero-order valence-electron chi connectivity index (χ0n) is 23.9. The minimum atomic E-state index is -4.21. The lowest BCUT2D eigenvalue weighted by molar-refractivity contribution is -0.206. The normalized spacial score (nSPS) is 17.9. The molecule has 1 atom stereocenters. The number of nitrogens with zero attached hydrogens (tertiary/aromatic N) is 3. The van der Waals surface area contributed by atoms with Crippen LogP contribution in [0.3, 0.4) is 0 Å². The first-order valence-corrected chi connectivity index (χ1v) is 14.2. The first-order chi connectivity index (χ1) is 20.3. The van der Waals surface area contributed by atoms with E-state index in [4.69, 9.17) is 4.63 Å². The van der Waals surface area contributed by atoms with Crippen LogP contribution in [0.25, 0.3) is 11.0 Å². The lowest BCUT2D eigenvalue weighted by atomic mass is 9.79. The topological polar surface area (TPSA) is 135 Å². The Balaban J connectivity index is 0.000000326. The smallest absolute Gasteiger partial charge is 0.372 e. The molecule has 3 aliphatic carbocycles. The zero-order valence-corrected chi connectivity index (χ0v) is 23.9. The lowest BCUT2D eigenvalue weighted by Gasteiger charge is -2.34. The molecule has 3 aliphatic rings. The fraction of sp³-hybridized carbons (Fsp3) is 0.607. The SMILES string of the molecule is C1CC1.COC(C)C(F)(F)F.O=C(CC1CC(F)(F)C1)NCc1ccc2nc(CNC(=O)c3nonc3C3CC3)[nH]c2c1. The van der Waals surface area contributed by atoms with Gasteiger partial charge in [-0.15, -0.1) is 0 Å². The summed E-state index contributed by atoms with van der Waals surface area (Å²) in [5.74, 6) is -2.62. The highest BCUT2D eigenvalue weighted by molar-refractivity contribution is 5.93. The first kappa shape index (κ1) is 32.3. The van der Waals surface area contributed by atoms with Crippen molar-refractivity contribution in [3.8, 4) is 0 Å². The monoisotopic (exact) mass is 614 g/mol. The van der Waals surface area contributed by atoms with Crippen molar-refractivity contribution in [3.63, 3.8) is 0 Å². The van der Waals surface area contributed by atoms with E-state index in [1.54, 1.807) is 0 Å². The zero-order chi connectivity index (χ0) is 31.2. The van der Waals surface area contributed by atoms with E-state index >= 15 is 0 Å². The Kier molecular flexibility index (Phi) is 10.4. The van der Waals surface area contributed by atoms with Crippen molar-refractivity contribution in [2.24, 2.45) is 5.92 Å². The Morgan fingerprint density at radius 1 is 1.12 bits per heavy atom. The van der Waals surface area contributed by atoms with Crippen molar-refractivity contribution in [1.82, 2.24) is 30.9 Å². The number of amides is 2. The molecule has 10 nitrogen and oxygen atoms in total. The number of ether oxygens (including phenoxy) is 1. The van der Waals surface area contributed by atoms with Crippen LogP contribution in [0, 0.1) is 5.92 Å². The third-order valence-electron chi connectivity index (χ3n) is 7.01. The molecular weight excluding hydrogens is 579 g/mol. The number of carbonyl (C=O) groups is 2. The second kappa shape index (κ2) is 13.8. The van der Waals surface area contributed by atoms with Crippen LogP contribution >= 0.6 is 0 Å². The summed E-state index contributed by atoms with van der Waals surface area (Å²) in [6, 6.07) is 5.52. The number of halogens is 5. The first-order valence-electron chi connectivity index (χ1n) is 14.2. The largest absolute Gasteiger partial charge is 0.414 e. The van der Waals surface area contributed by atoms with Gasteiger partial charge in [-0.3, -0.25) is 9.59 Å². The molecule has 3 aromatic rings. The molecule has 3 N–H and O–H groups in total. The van der Waals surface area contributed by atoms with Gasteiger partial charge in [0.25, 0.3) is 5.91 Å². The third kappa shape index (κ3) is 9.97. The fourth-order valence-corrected chi connectivity index (χ4v) is 4.13. The Morgan fingerprint density at radius 2 is 1.81 bits per heavy atom. The number of hydrogen-bond donors (Lipinski definition) is 3. The van der Waals surface area contributed by atoms with E-state index < -0.39 is 18.2 Å². The highest BCUT2D eigenvalue weighted by Crippen LogP contribution is 2.44. The van der Waals surface area contributed by atoms with E-state index in [1.165, 1.54) is 19.3 Å². The van der Waals surface area contributed by atoms with Gasteiger partial charge in [0.1, 0.15) is 17.6 Å². The molecule has 2 heterocycles. The van der Waals surface area contributed by atoms with Gasteiger partial charge in [0.15, 0.2) is 5.69 Å². The van der Waals surface area contributed by atoms with Crippen molar-refractivity contribution < 1.29 is 40.9 Å². The Morgan fingerprint density at radius 3 is 2.37 bits per heavy atom. The van der Waals surface area contributed by atoms with Gasteiger partial charge in [-0.25, -0.2) is 18.4 Å². The van der Waals surface area contributed by atoms with Crippen molar-refractivity contribution in [1.29, 1.82) is 0 Å². The number of fused-ring (bicyclic) bond motifs is 1. The van der Waals surface area contributed by atoms with E-state index in [0.29, 0.717) is 18.1 Å². The number of aromatic nitrogens is 4. The van der Waals surface area contributed by atoms with E-state index in [2.05, 4.69) is 35.7 Å². The summed E-state index contributed by atoms with van der Waals surface area (Å²) in [5, 5.41) is 13.1. The van der Waals surface area contributed by atoms with Gasteiger partial charge in [0, 0.05) is 38.8 Å². The number of rotatable bonds is 9. The minimum absolute atomic E-state index is 0.120. The van der Waals surface area contributed by atoms with Crippen LogP contribution in [0.2, 0.25) is 0 Å². The summed E-state index contributed by atoms with van der Waals surface area (Å²) in [6.07, 6.45) is 0.297. The van der Waals surface area contributed by atoms with Crippen molar-refractivity contribution in [2.45, 2.75) is 95.5 Å². The molecule has 0 bridgehead atoms. The predicted molar refractivity (Wildman–Crippen MR) is 144 cm³/mol. The van der Waals surface area contributed by atoms with Crippen molar-refractivity contribution >= 4 is 22.8 Å². The molecule has 1 aromatic carbocycles. The maximum absolute atomic E-state index is 12.9. The molecular formula is C28H35F5N6O4. The average Bonchev–Trinajstić information content (AvgIpc) is 3.89. The number of H-pyrrole nitrogens is 1. The van der Waals surface area contributed by atoms with Gasteiger partial charge in [0.2, 0.25) is 11.8 Å². The second-order valence-corrected chi connectivity index (χ2v) is 11.1. The molecule has 15 heteroatoms. The number of nitrogens with one attached hydrogen (secondary N) is 3. The maximum Gasteiger partial charge on any atom is 0.414 e. The molecule has 3 saturated carbocycles. The van der Waals surface area contributed by atoms with Crippen LogP contribution in [0.5, 0.6) is 0 Å². The standard InChI is InChI=1S/C21H22F2N6O3.C4H7F3O.C3H6/c22-21(23)7-12(8-21)6-17(30)24-9-11-1-4-14-15(5-11)27-16(26-14)10-25-20(31)19-18(13-2-3-13)28-32-29-19;1-3(8-2)4(5,6)7;1-2-3-1/h1,4-5,12-13H,2-3,6-10H2,(H,24,30)(H,25,31)(H,26,27);3H,1-2H3;1-3H2. The van der Waals surface area contributed by atoms with Crippen molar-refractivity contribution in [2.75, 3.05) is 7.11 Å². The molecule has 0 aliphatic heterocycles. The molecule has 2 amide bonds. The number of methoxy groups -OCH3 is 1. The van der Waals surface area contributed by atoms with E-state index in [9.17, 15) is 31.5 Å². The summed E-state index contributed by atoms with van der Waals surface area (Å²) in [4.78, 5) is 32.0. The molecule has 2 aromatic heterocycles. The molecule has 1 unspecified atom stereocenters. The fourth-order valence-electron chi connectivity index (χ4n) is 4.13. The van der Waals surface area contributed by atoms with Crippen LogP contribution in [-0.2, 0) is 22.6 Å². The number of carbonyl (C=O) groups excluding carboxylic acids is 2. The van der Waals surface area contributed by atoms with Gasteiger partial charge in [0.05, 0.1) is 17.6 Å². The van der Waals surface area contributed by atoms with E-state index in [1.807, 2.05) is 18.2 Å². The maximum atomic E-state index is 12.9. The molecule has 6 rings (SSSR count). The summed E-state index contributed by atoms with van der Waals surface area (Å²) in [6.45, 7) is 1.44. The van der Waals surface area contributed by atoms with Crippen LogP contribution in [-0.4, -0.2) is 57.4 Å². The number of aromatic amines is 1. The molecule has 3 fully saturated rings. The van der Waals surface area contributed by atoms with Crippen molar-refractivity contribution in [3.05, 3.63) is 41.0 Å². The van der Waals surface area contributed by atoms with Crippen LogP contribution < -0.4 is 10.6 Å². The minimum Gasteiger partial charge on any atom is -0.372 e. The van der Waals surface area contributed by atoms with Gasteiger partial charge >= 0.3 is 6.18 Å². The number of alkyl halides is 5. The molecule has 0 radical (unpaired) electrons. The van der Waals surface area contributed by atoms with Crippen LogP contribution in [0.1, 0.15) is 91.8 Å².